The van der Waals surface area contributed by atoms with Gasteiger partial charge in [0.05, 0.1) is 19.0 Å². The summed E-state index contributed by atoms with van der Waals surface area (Å²) in [5.41, 5.74) is 1.06. The summed E-state index contributed by atoms with van der Waals surface area (Å²) in [5, 5.41) is 0. The van der Waals surface area contributed by atoms with Crippen molar-refractivity contribution in [2.75, 3.05) is 51.9 Å². The molecule has 0 bridgehead atoms. The Bertz CT molecular complexity index is 827. The Labute approximate surface area is 182 Å². The van der Waals surface area contributed by atoms with Gasteiger partial charge in [-0.05, 0) is 36.2 Å². The van der Waals surface area contributed by atoms with Gasteiger partial charge in [0.1, 0.15) is 0 Å². The second-order valence-electron chi connectivity index (χ2n) is 7.41. The number of carbonyl (C=O) groups excluding carboxylic acids is 1. The number of amides is 1. The van der Waals surface area contributed by atoms with Crippen molar-refractivity contribution in [3.8, 4) is 11.5 Å². The zero-order valence-corrected chi connectivity index (χ0v) is 17.9. The third kappa shape index (κ3) is 5.90. The average Bonchev–Trinajstić information content (AvgIpc) is 3.26. The molecule has 1 saturated heterocycles. The molecule has 1 amide bonds. The number of fused-ring (bicyclic) bond motifs is 1. The van der Waals surface area contributed by atoms with E-state index in [1.165, 1.54) is 0 Å². The SMILES string of the molecule is O=C(CSc1ccccc1)N(CCCN1CCOCC1)Cc1ccc2c(c1)OCO2. The van der Waals surface area contributed by atoms with Crippen LogP contribution in [0.25, 0.3) is 0 Å². The fraction of sp³-hybridized carbons (Fsp3) is 0.435. The van der Waals surface area contributed by atoms with Crippen LogP contribution in [-0.2, 0) is 16.1 Å². The highest BCUT2D eigenvalue weighted by molar-refractivity contribution is 8.00. The zero-order valence-electron chi connectivity index (χ0n) is 17.1. The van der Waals surface area contributed by atoms with Gasteiger partial charge in [-0.1, -0.05) is 24.3 Å². The Morgan fingerprint density at radius 3 is 2.67 bits per heavy atom. The fourth-order valence-corrected chi connectivity index (χ4v) is 4.44. The van der Waals surface area contributed by atoms with Crippen LogP contribution < -0.4 is 9.47 Å². The van der Waals surface area contributed by atoms with Gasteiger partial charge in [-0.2, -0.15) is 0 Å². The van der Waals surface area contributed by atoms with E-state index in [9.17, 15) is 4.79 Å². The third-order valence-corrected chi connectivity index (χ3v) is 6.27. The van der Waals surface area contributed by atoms with E-state index in [0.29, 0.717) is 12.3 Å². The van der Waals surface area contributed by atoms with Crippen LogP contribution in [0, 0.1) is 0 Å². The van der Waals surface area contributed by atoms with E-state index in [2.05, 4.69) is 4.90 Å². The molecule has 0 radical (unpaired) electrons. The average molecular weight is 429 g/mol. The van der Waals surface area contributed by atoms with E-state index in [1.54, 1.807) is 11.8 Å². The Balaban J connectivity index is 1.36. The maximum atomic E-state index is 13.1. The molecule has 4 rings (SSSR count). The molecule has 2 heterocycles. The van der Waals surface area contributed by atoms with Gasteiger partial charge in [0.2, 0.25) is 12.7 Å². The fourth-order valence-electron chi connectivity index (χ4n) is 3.61. The lowest BCUT2D eigenvalue weighted by atomic mass is 10.2. The predicted molar refractivity (Wildman–Crippen MR) is 117 cm³/mol. The molecule has 0 N–H and O–H groups in total. The first-order valence-corrected chi connectivity index (χ1v) is 11.4. The summed E-state index contributed by atoms with van der Waals surface area (Å²) in [6.07, 6.45) is 0.951. The molecule has 2 aliphatic heterocycles. The number of hydrogen-bond donors (Lipinski definition) is 0. The summed E-state index contributed by atoms with van der Waals surface area (Å²) in [4.78, 5) is 18.5. The molecule has 0 unspecified atom stereocenters. The number of morpholine rings is 1. The lowest BCUT2D eigenvalue weighted by Crippen LogP contribution is -2.39. The van der Waals surface area contributed by atoms with Gasteiger partial charge in [-0.25, -0.2) is 0 Å². The van der Waals surface area contributed by atoms with Crippen molar-refractivity contribution in [2.24, 2.45) is 0 Å². The number of carbonyl (C=O) groups is 1. The highest BCUT2D eigenvalue weighted by atomic mass is 32.2. The topological polar surface area (TPSA) is 51.2 Å². The predicted octanol–water partition coefficient (Wildman–Crippen LogP) is 3.26. The van der Waals surface area contributed by atoms with Gasteiger partial charge in [0.15, 0.2) is 11.5 Å². The number of thioether (sulfide) groups is 1. The summed E-state index contributed by atoms with van der Waals surface area (Å²) in [6, 6.07) is 16.0. The number of rotatable bonds is 9. The Kier molecular flexibility index (Phi) is 7.50. The lowest BCUT2D eigenvalue weighted by Gasteiger charge is -2.28. The smallest absolute Gasteiger partial charge is 0.233 e. The van der Waals surface area contributed by atoms with Crippen LogP contribution in [0.4, 0.5) is 0 Å². The summed E-state index contributed by atoms with van der Waals surface area (Å²) < 4.78 is 16.3. The van der Waals surface area contributed by atoms with Crippen LogP contribution in [0.5, 0.6) is 11.5 Å². The van der Waals surface area contributed by atoms with E-state index in [1.807, 2.05) is 53.4 Å². The number of ether oxygens (including phenoxy) is 3. The van der Waals surface area contributed by atoms with Crippen molar-refractivity contribution in [1.82, 2.24) is 9.80 Å². The molecule has 0 atom stereocenters. The molecule has 160 valence electrons. The molecular formula is C23H28N2O4S. The van der Waals surface area contributed by atoms with Crippen molar-refractivity contribution < 1.29 is 19.0 Å². The summed E-state index contributed by atoms with van der Waals surface area (Å²) in [5.74, 6) is 2.12. The Morgan fingerprint density at radius 1 is 1.03 bits per heavy atom. The van der Waals surface area contributed by atoms with E-state index >= 15 is 0 Å². The molecule has 7 heteroatoms. The number of nitrogens with zero attached hydrogens (tertiary/aromatic N) is 2. The third-order valence-electron chi connectivity index (χ3n) is 5.27. The van der Waals surface area contributed by atoms with Crippen LogP contribution in [0.1, 0.15) is 12.0 Å². The summed E-state index contributed by atoms with van der Waals surface area (Å²) in [6.45, 7) is 6.10. The van der Waals surface area contributed by atoms with Gasteiger partial charge < -0.3 is 19.1 Å². The maximum absolute atomic E-state index is 13.1. The Hall–Kier alpha value is -2.22. The maximum Gasteiger partial charge on any atom is 0.233 e. The van der Waals surface area contributed by atoms with Crippen LogP contribution in [-0.4, -0.2) is 67.6 Å². The highest BCUT2D eigenvalue weighted by Gasteiger charge is 2.18. The van der Waals surface area contributed by atoms with E-state index in [0.717, 1.165) is 67.8 Å². The van der Waals surface area contributed by atoms with Crippen LogP contribution in [0.3, 0.4) is 0 Å². The van der Waals surface area contributed by atoms with Crippen molar-refractivity contribution in [2.45, 2.75) is 17.9 Å². The molecular weight excluding hydrogens is 400 g/mol. The number of hydrogen-bond acceptors (Lipinski definition) is 6. The van der Waals surface area contributed by atoms with E-state index < -0.39 is 0 Å². The molecule has 2 aromatic carbocycles. The summed E-state index contributed by atoms with van der Waals surface area (Å²) >= 11 is 1.59. The molecule has 2 aromatic rings. The lowest BCUT2D eigenvalue weighted by molar-refractivity contribution is -0.129. The first-order valence-electron chi connectivity index (χ1n) is 10.4. The molecule has 2 aliphatic rings. The van der Waals surface area contributed by atoms with Gasteiger partial charge in [-0.3, -0.25) is 9.69 Å². The highest BCUT2D eigenvalue weighted by Crippen LogP contribution is 2.33. The van der Waals surface area contributed by atoms with Crippen LogP contribution in [0.15, 0.2) is 53.4 Å². The molecule has 6 nitrogen and oxygen atoms in total. The zero-order chi connectivity index (χ0) is 20.6. The van der Waals surface area contributed by atoms with Crippen molar-refractivity contribution in [1.29, 1.82) is 0 Å². The first kappa shape index (κ1) is 21.0. The minimum Gasteiger partial charge on any atom is -0.454 e. The normalized spacial score (nSPS) is 15.9. The van der Waals surface area contributed by atoms with Gasteiger partial charge in [-0.15, -0.1) is 11.8 Å². The largest absolute Gasteiger partial charge is 0.454 e. The van der Waals surface area contributed by atoms with Gasteiger partial charge in [0, 0.05) is 37.6 Å². The molecule has 0 aromatic heterocycles. The minimum absolute atomic E-state index is 0.156. The molecule has 30 heavy (non-hydrogen) atoms. The van der Waals surface area contributed by atoms with Crippen molar-refractivity contribution in [3.63, 3.8) is 0 Å². The number of benzene rings is 2. The van der Waals surface area contributed by atoms with E-state index in [-0.39, 0.29) is 12.7 Å². The van der Waals surface area contributed by atoms with Crippen LogP contribution in [0.2, 0.25) is 0 Å². The molecule has 0 aliphatic carbocycles. The van der Waals surface area contributed by atoms with Gasteiger partial charge in [0.25, 0.3) is 0 Å². The Morgan fingerprint density at radius 2 is 1.83 bits per heavy atom. The van der Waals surface area contributed by atoms with Crippen molar-refractivity contribution >= 4 is 17.7 Å². The van der Waals surface area contributed by atoms with Crippen LogP contribution >= 0.6 is 11.8 Å². The van der Waals surface area contributed by atoms with Crippen molar-refractivity contribution in [3.05, 3.63) is 54.1 Å². The van der Waals surface area contributed by atoms with E-state index in [4.69, 9.17) is 14.2 Å². The molecule has 1 fully saturated rings. The second-order valence-corrected chi connectivity index (χ2v) is 8.46. The first-order chi connectivity index (χ1) is 14.8. The monoisotopic (exact) mass is 428 g/mol. The molecule has 0 saturated carbocycles. The summed E-state index contributed by atoms with van der Waals surface area (Å²) in [7, 11) is 0. The quantitative estimate of drug-likeness (QED) is 0.572. The molecule has 0 spiro atoms. The minimum atomic E-state index is 0.156. The standard InChI is InChI=1S/C23H28N2O4S/c26-23(17-30-20-5-2-1-3-6-20)25(10-4-9-24-11-13-27-14-12-24)16-19-7-8-21-22(15-19)29-18-28-21/h1-3,5-8,15H,4,9-14,16-18H2. The second kappa shape index (κ2) is 10.7. The van der Waals surface area contributed by atoms with Gasteiger partial charge >= 0.3 is 0 Å².